The van der Waals surface area contributed by atoms with E-state index in [1.807, 2.05) is 13.0 Å². The number of aliphatic hydroxyl groups is 2. The SMILES string of the molecule is Cc1ccc(C#N)cc1C(O)C(O)CN. The van der Waals surface area contributed by atoms with Crippen LogP contribution in [0.5, 0.6) is 0 Å². The fourth-order valence-electron chi connectivity index (χ4n) is 1.36. The third-order valence-electron chi connectivity index (χ3n) is 2.33. The molecule has 80 valence electrons. The van der Waals surface area contributed by atoms with Crippen molar-refractivity contribution in [2.75, 3.05) is 6.54 Å². The Bertz CT molecular complexity index is 385. The van der Waals surface area contributed by atoms with Crippen LogP contribution in [0.4, 0.5) is 0 Å². The Kier molecular flexibility index (Phi) is 3.81. The van der Waals surface area contributed by atoms with Gasteiger partial charge in [0, 0.05) is 6.54 Å². The highest BCUT2D eigenvalue weighted by Crippen LogP contribution is 2.21. The van der Waals surface area contributed by atoms with Gasteiger partial charge in [-0.1, -0.05) is 6.07 Å². The van der Waals surface area contributed by atoms with Gasteiger partial charge in [-0.25, -0.2) is 0 Å². The number of rotatable bonds is 3. The minimum absolute atomic E-state index is 0.0165. The lowest BCUT2D eigenvalue weighted by Crippen LogP contribution is -2.27. The van der Waals surface area contributed by atoms with Crippen molar-refractivity contribution < 1.29 is 10.2 Å². The predicted octanol–water partition coefficient (Wildman–Crippen LogP) is 0.220. The molecule has 0 aromatic heterocycles. The summed E-state index contributed by atoms with van der Waals surface area (Å²) in [6, 6.07) is 6.95. The fraction of sp³-hybridized carbons (Fsp3) is 0.364. The van der Waals surface area contributed by atoms with Gasteiger partial charge in [-0.05, 0) is 30.2 Å². The second-order valence-electron chi connectivity index (χ2n) is 3.43. The highest BCUT2D eigenvalue weighted by molar-refractivity contribution is 5.39. The Labute approximate surface area is 88.6 Å². The average Bonchev–Trinajstić information content (AvgIpc) is 2.27. The summed E-state index contributed by atoms with van der Waals surface area (Å²) in [6.45, 7) is 1.79. The van der Waals surface area contributed by atoms with Gasteiger partial charge in [-0.3, -0.25) is 0 Å². The standard InChI is InChI=1S/C11H14N2O2/c1-7-2-3-8(5-12)4-9(7)11(15)10(14)6-13/h2-4,10-11,14-15H,6,13H2,1H3. The van der Waals surface area contributed by atoms with E-state index in [1.54, 1.807) is 18.2 Å². The molecule has 2 unspecified atom stereocenters. The third kappa shape index (κ3) is 2.54. The molecule has 15 heavy (non-hydrogen) atoms. The van der Waals surface area contributed by atoms with Gasteiger partial charge in [0.1, 0.15) is 6.10 Å². The van der Waals surface area contributed by atoms with Crippen LogP contribution in [0, 0.1) is 18.3 Å². The maximum atomic E-state index is 9.75. The molecular formula is C11H14N2O2. The fourth-order valence-corrected chi connectivity index (χ4v) is 1.36. The number of hydrogen-bond acceptors (Lipinski definition) is 4. The smallest absolute Gasteiger partial charge is 0.106 e. The first-order chi connectivity index (χ1) is 7.10. The zero-order valence-corrected chi connectivity index (χ0v) is 8.51. The highest BCUT2D eigenvalue weighted by Gasteiger charge is 2.18. The molecule has 0 aliphatic heterocycles. The van der Waals surface area contributed by atoms with E-state index in [1.165, 1.54) is 0 Å². The largest absolute Gasteiger partial charge is 0.389 e. The zero-order chi connectivity index (χ0) is 11.4. The summed E-state index contributed by atoms with van der Waals surface area (Å²) in [4.78, 5) is 0. The molecule has 4 N–H and O–H groups in total. The zero-order valence-electron chi connectivity index (χ0n) is 8.51. The van der Waals surface area contributed by atoms with Gasteiger partial charge >= 0.3 is 0 Å². The van der Waals surface area contributed by atoms with E-state index in [0.29, 0.717) is 11.1 Å². The number of aryl methyl sites for hydroxylation is 1. The van der Waals surface area contributed by atoms with Gasteiger partial charge in [-0.15, -0.1) is 0 Å². The Morgan fingerprint density at radius 2 is 2.13 bits per heavy atom. The van der Waals surface area contributed by atoms with Gasteiger partial charge < -0.3 is 15.9 Å². The van der Waals surface area contributed by atoms with E-state index in [0.717, 1.165) is 5.56 Å². The van der Waals surface area contributed by atoms with Gasteiger partial charge in [0.25, 0.3) is 0 Å². The number of nitrogens with zero attached hydrogens (tertiary/aromatic N) is 1. The van der Waals surface area contributed by atoms with E-state index in [4.69, 9.17) is 11.0 Å². The molecule has 1 aromatic rings. The summed E-state index contributed by atoms with van der Waals surface area (Å²) in [6.07, 6.45) is -2.04. The molecule has 0 aliphatic rings. The number of benzene rings is 1. The van der Waals surface area contributed by atoms with E-state index < -0.39 is 12.2 Å². The molecule has 2 atom stereocenters. The van der Waals surface area contributed by atoms with Crippen molar-refractivity contribution in [1.29, 1.82) is 5.26 Å². The van der Waals surface area contributed by atoms with Gasteiger partial charge in [0.05, 0.1) is 17.7 Å². The van der Waals surface area contributed by atoms with Gasteiger partial charge in [-0.2, -0.15) is 5.26 Å². The van der Waals surface area contributed by atoms with Crippen LogP contribution in [0.15, 0.2) is 18.2 Å². The summed E-state index contributed by atoms with van der Waals surface area (Å²) in [5.74, 6) is 0. The second-order valence-corrected chi connectivity index (χ2v) is 3.43. The molecule has 4 nitrogen and oxygen atoms in total. The lowest BCUT2D eigenvalue weighted by Gasteiger charge is -2.18. The summed E-state index contributed by atoms with van der Waals surface area (Å²) in [7, 11) is 0. The number of hydrogen-bond donors (Lipinski definition) is 3. The summed E-state index contributed by atoms with van der Waals surface area (Å²) >= 11 is 0. The topological polar surface area (TPSA) is 90.3 Å². The quantitative estimate of drug-likeness (QED) is 0.659. The Balaban J connectivity index is 3.07. The molecule has 0 bridgehead atoms. The minimum Gasteiger partial charge on any atom is -0.389 e. The van der Waals surface area contributed by atoms with E-state index >= 15 is 0 Å². The molecule has 0 saturated heterocycles. The third-order valence-corrected chi connectivity index (χ3v) is 2.33. The first-order valence-electron chi connectivity index (χ1n) is 4.67. The maximum absolute atomic E-state index is 9.75. The summed E-state index contributed by atoms with van der Waals surface area (Å²) in [5, 5.41) is 27.9. The van der Waals surface area contributed by atoms with Gasteiger partial charge in [0.15, 0.2) is 0 Å². The van der Waals surface area contributed by atoms with Crippen molar-refractivity contribution in [2.24, 2.45) is 5.73 Å². The number of nitrogens with two attached hydrogens (primary N) is 1. The van der Waals surface area contributed by atoms with Crippen molar-refractivity contribution in [2.45, 2.75) is 19.1 Å². The van der Waals surface area contributed by atoms with Gasteiger partial charge in [0.2, 0.25) is 0 Å². The van der Waals surface area contributed by atoms with Crippen LogP contribution in [-0.4, -0.2) is 22.9 Å². The summed E-state index contributed by atoms with van der Waals surface area (Å²) < 4.78 is 0. The molecule has 1 rings (SSSR count). The lowest BCUT2D eigenvalue weighted by molar-refractivity contribution is 0.0239. The monoisotopic (exact) mass is 206 g/mol. The molecular weight excluding hydrogens is 192 g/mol. The molecule has 0 saturated carbocycles. The molecule has 4 heteroatoms. The van der Waals surface area contributed by atoms with Crippen molar-refractivity contribution >= 4 is 0 Å². The average molecular weight is 206 g/mol. The minimum atomic E-state index is -1.04. The first kappa shape index (κ1) is 11.7. The van der Waals surface area contributed by atoms with Crippen molar-refractivity contribution in [3.63, 3.8) is 0 Å². The van der Waals surface area contributed by atoms with E-state index in [-0.39, 0.29) is 6.54 Å². The molecule has 0 aliphatic carbocycles. The van der Waals surface area contributed by atoms with Crippen molar-refractivity contribution in [3.8, 4) is 6.07 Å². The van der Waals surface area contributed by atoms with Crippen LogP contribution >= 0.6 is 0 Å². The summed E-state index contributed by atoms with van der Waals surface area (Å²) in [5.41, 5.74) is 7.09. The molecule has 0 heterocycles. The van der Waals surface area contributed by atoms with Crippen LogP contribution < -0.4 is 5.73 Å². The van der Waals surface area contributed by atoms with E-state index in [2.05, 4.69) is 0 Å². The number of aliphatic hydroxyl groups excluding tert-OH is 2. The lowest BCUT2D eigenvalue weighted by atomic mass is 9.97. The van der Waals surface area contributed by atoms with E-state index in [9.17, 15) is 10.2 Å². The highest BCUT2D eigenvalue weighted by atomic mass is 16.3. The molecule has 0 radical (unpaired) electrons. The van der Waals surface area contributed by atoms with Crippen molar-refractivity contribution in [3.05, 3.63) is 34.9 Å². The number of nitriles is 1. The molecule has 0 amide bonds. The van der Waals surface area contributed by atoms with Crippen LogP contribution in [0.25, 0.3) is 0 Å². The second kappa shape index (κ2) is 4.89. The van der Waals surface area contributed by atoms with Crippen LogP contribution in [0.3, 0.4) is 0 Å². The molecule has 0 fully saturated rings. The first-order valence-corrected chi connectivity index (χ1v) is 4.67. The van der Waals surface area contributed by atoms with Crippen LogP contribution in [0.1, 0.15) is 22.8 Å². The van der Waals surface area contributed by atoms with Crippen LogP contribution in [0.2, 0.25) is 0 Å². The van der Waals surface area contributed by atoms with Crippen molar-refractivity contribution in [1.82, 2.24) is 0 Å². The molecule has 0 spiro atoms. The Morgan fingerprint density at radius 1 is 1.47 bits per heavy atom. The normalized spacial score (nSPS) is 14.3. The molecule has 1 aromatic carbocycles. The Hall–Kier alpha value is -1.41. The Morgan fingerprint density at radius 3 is 2.67 bits per heavy atom. The predicted molar refractivity (Wildman–Crippen MR) is 55.9 cm³/mol. The maximum Gasteiger partial charge on any atom is 0.106 e. The van der Waals surface area contributed by atoms with Crippen LogP contribution in [-0.2, 0) is 0 Å².